The summed E-state index contributed by atoms with van der Waals surface area (Å²) in [6, 6.07) is 0. The Hall–Kier alpha value is -2.44. The Balaban J connectivity index is 1.71. The molecule has 0 spiro atoms. The van der Waals surface area contributed by atoms with Crippen LogP contribution >= 0.6 is 0 Å². The van der Waals surface area contributed by atoms with Crippen LogP contribution in [-0.2, 0) is 13.1 Å². The zero-order chi connectivity index (χ0) is 14.1. The lowest BCUT2D eigenvalue weighted by Crippen LogP contribution is -2.05. The maximum absolute atomic E-state index is 5.77. The Labute approximate surface area is 116 Å². The summed E-state index contributed by atoms with van der Waals surface area (Å²) in [7, 11) is 0. The van der Waals surface area contributed by atoms with Crippen molar-refractivity contribution in [3.05, 3.63) is 30.4 Å². The van der Waals surface area contributed by atoms with Crippen molar-refractivity contribution in [2.45, 2.75) is 33.4 Å². The number of rotatable bonds is 4. The van der Waals surface area contributed by atoms with E-state index >= 15 is 0 Å². The van der Waals surface area contributed by atoms with Gasteiger partial charge in [-0.25, -0.2) is 19.9 Å². The molecule has 2 N–H and O–H groups in total. The fourth-order valence-corrected chi connectivity index (χ4v) is 2.24. The standard InChI is InChI=1S/C13H17N7/c1-9-10(2)19(7-17-9)4-3-5-20-8-18-11-12(14)15-6-16-13(11)20/h6-8H,3-5H2,1-2H3,(H2,14,15,16). The Bertz CT molecular complexity index is 740. The van der Waals surface area contributed by atoms with E-state index in [-0.39, 0.29) is 0 Å². The zero-order valence-corrected chi connectivity index (χ0v) is 11.6. The first-order chi connectivity index (χ1) is 9.66. The first kappa shape index (κ1) is 12.6. The van der Waals surface area contributed by atoms with Gasteiger partial charge in [-0.15, -0.1) is 0 Å². The maximum atomic E-state index is 5.77. The number of nitrogen functional groups attached to an aromatic ring is 1. The minimum Gasteiger partial charge on any atom is -0.382 e. The number of nitrogens with two attached hydrogens (primary N) is 1. The van der Waals surface area contributed by atoms with Gasteiger partial charge in [0, 0.05) is 18.8 Å². The van der Waals surface area contributed by atoms with Crippen LogP contribution in [0.25, 0.3) is 11.2 Å². The molecule has 0 aliphatic heterocycles. The molecule has 0 unspecified atom stereocenters. The molecule has 0 fully saturated rings. The topological polar surface area (TPSA) is 87.4 Å². The summed E-state index contributed by atoms with van der Waals surface area (Å²) >= 11 is 0. The molecule has 3 aromatic rings. The Kier molecular flexibility index (Phi) is 3.09. The number of aryl methyl sites for hydroxylation is 3. The molecule has 0 amide bonds. The van der Waals surface area contributed by atoms with Crippen molar-refractivity contribution in [2.24, 2.45) is 0 Å². The van der Waals surface area contributed by atoms with E-state index in [0.29, 0.717) is 11.3 Å². The van der Waals surface area contributed by atoms with Crippen molar-refractivity contribution in [3.8, 4) is 0 Å². The van der Waals surface area contributed by atoms with E-state index in [2.05, 4.69) is 31.4 Å². The molecule has 0 radical (unpaired) electrons. The van der Waals surface area contributed by atoms with Crippen molar-refractivity contribution < 1.29 is 0 Å². The molecule has 7 heteroatoms. The second kappa shape index (κ2) is 4.92. The SMILES string of the molecule is Cc1ncn(CCCn2cnc3c(N)ncnc32)c1C. The molecule has 3 rings (SSSR count). The van der Waals surface area contributed by atoms with E-state index in [1.54, 1.807) is 6.33 Å². The molecule has 0 aliphatic carbocycles. The molecule has 0 saturated carbocycles. The lowest BCUT2D eigenvalue weighted by atomic mass is 10.3. The molecule has 7 nitrogen and oxygen atoms in total. The van der Waals surface area contributed by atoms with Gasteiger partial charge in [0.1, 0.15) is 11.8 Å². The normalized spacial score (nSPS) is 11.3. The van der Waals surface area contributed by atoms with Crippen molar-refractivity contribution >= 4 is 17.0 Å². The van der Waals surface area contributed by atoms with Gasteiger partial charge in [0.15, 0.2) is 11.5 Å². The number of anilines is 1. The minimum atomic E-state index is 0.426. The van der Waals surface area contributed by atoms with E-state index in [4.69, 9.17) is 5.73 Å². The van der Waals surface area contributed by atoms with Crippen LogP contribution in [0.1, 0.15) is 17.8 Å². The highest BCUT2D eigenvalue weighted by molar-refractivity contribution is 5.80. The predicted molar refractivity (Wildman–Crippen MR) is 76.1 cm³/mol. The molecule has 20 heavy (non-hydrogen) atoms. The summed E-state index contributed by atoms with van der Waals surface area (Å²) in [5.41, 5.74) is 9.53. The van der Waals surface area contributed by atoms with Crippen LogP contribution in [0.5, 0.6) is 0 Å². The lowest BCUT2D eigenvalue weighted by molar-refractivity contribution is 0.562. The van der Waals surface area contributed by atoms with E-state index in [1.165, 1.54) is 12.0 Å². The monoisotopic (exact) mass is 271 g/mol. The molecule has 0 saturated heterocycles. The van der Waals surface area contributed by atoms with Crippen molar-refractivity contribution in [1.29, 1.82) is 0 Å². The Morgan fingerprint density at radius 3 is 2.50 bits per heavy atom. The van der Waals surface area contributed by atoms with E-state index in [0.717, 1.165) is 30.9 Å². The fraction of sp³-hybridized carbons (Fsp3) is 0.385. The van der Waals surface area contributed by atoms with Crippen molar-refractivity contribution in [3.63, 3.8) is 0 Å². The highest BCUT2D eigenvalue weighted by Crippen LogP contribution is 2.14. The predicted octanol–water partition coefficient (Wildman–Crippen LogP) is 1.31. The van der Waals surface area contributed by atoms with Gasteiger partial charge in [-0.3, -0.25) is 0 Å². The smallest absolute Gasteiger partial charge is 0.165 e. The number of hydrogen-bond acceptors (Lipinski definition) is 5. The van der Waals surface area contributed by atoms with Crippen LogP contribution in [0, 0.1) is 13.8 Å². The van der Waals surface area contributed by atoms with Gasteiger partial charge >= 0.3 is 0 Å². The Morgan fingerprint density at radius 2 is 1.75 bits per heavy atom. The van der Waals surface area contributed by atoms with E-state index < -0.39 is 0 Å². The molecule has 0 aliphatic rings. The van der Waals surface area contributed by atoms with Crippen LogP contribution in [0.2, 0.25) is 0 Å². The molecule has 0 aromatic carbocycles. The molecule has 0 bridgehead atoms. The molecule has 3 heterocycles. The fourth-order valence-electron chi connectivity index (χ4n) is 2.24. The van der Waals surface area contributed by atoms with Gasteiger partial charge in [0.05, 0.1) is 18.3 Å². The van der Waals surface area contributed by atoms with Gasteiger partial charge < -0.3 is 14.9 Å². The highest BCUT2D eigenvalue weighted by atomic mass is 15.1. The first-order valence-electron chi connectivity index (χ1n) is 6.56. The average Bonchev–Trinajstić information content (AvgIpc) is 2.99. The zero-order valence-electron chi connectivity index (χ0n) is 11.6. The molecular formula is C13H17N7. The summed E-state index contributed by atoms with van der Waals surface area (Å²) in [5, 5.41) is 0. The van der Waals surface area contributed by atoms with Gasteiger partial charge in [-0.2, -0.15) is 0 Å². The van der Waals surface area contributed by atoms with E-state index in [9.17, 15) is 0 Å². The third kappa shape index (κ3) is 2.11. The Morgan fingerprint density at radius 1 is 1.00 bits per heavy atom. The first-order valence-corrected chi connectivity index (χ1v) is 6.56. The second-order valence-corrected chi connectivity index (χ2v) is 4.83. The van der Waals surface area contributed by atoms with Crippen LogP contribution < -0.4 is 5.73 Å². The lowest BCUT2D eigenvalue weighted by Gasteiger charge is -2.06. The largest absolute Gasteiger partial charge is 0.382 e. The van der Waals surface area contributed by atoms with E-state index in [1.807, 2.05) is 17.8 Å². The molecular weight excluding hydrogens is 254 g/mol. The number of fused-ring (bicyclic) bond motifs is 1. The summed E-state index contributed by atoms with van der Waals surface area (Å²) in [6.45, 7) is 5.87. The molecule has 104 valence electrons. The molecule has 3 aromatic heterocycles. The summed E-state index contributed by atoms with van der Waals surface area (Å²) in [6.07, 6.45) is 6.10. The summed E-state index contributed by atoms with van der Waals surface area (Å²) in [4.78, 5) is 16.7. The number of nitrogens with zero attached hydrogens (tertiary/aromatic N) is 6. The van der Waals surface area contributed by atoms with Crippen LogP contribution in [0.3, 0.4) is 0 Å². The van der Waals surface area contributed by atoms with Gasteiger partial charge in [0.25, 0.3) is 0 Å². The van der Waals surface area contributed by atoms with Crippen LogP contribution in [0.4, 0.5) is 5.82 Å². The van der Waals surface area contributed by atoms with Gasteiger partial charge in [-0.05, 0) is 20.3 Å². The average molecular weight is 271 g/mol. The quantitative estimate of drug-likeness (QED) is 0.773. The van der Waals surface area contributed by atoms with Crippen LogP contribution in [0.15, 0.2) is 19.0 Å². The van der Waals surface area contributed by atoms with Gasteiger partial charge in [0.2, 0.25) is 0 Å². The summed E-state index contributed by atoms with van der Waals surface area (Å²) in [5.74, 6) is 0.426. The highest BCUT2D eigenvalue weighted by Gasteiger charge is 2.07. The maximum Gasteiger partial charge on any atom is 0.165 e. The van der Waals surface area contributed by atoms with Crippen molar-refractivity contribution in [1.82, 2.24) is 29.1 Å². The molecule has 0 atom stereocenters. The van der Waals surface area contributed by atoms with Gasteiger partial charge in [-0.1, -0.05) is 0 Å². The number of aromatic nitrogens is 6. The third-order valence-electron chi connectivity index (χ3n) is 3.57. The number of hydrogen-bond donors (Lipinski definition) is 1. The number of imidazole rings is 2. The van der Waals surface area contributed by atoms with Crippen molar-refractivity contribution in [2.75, 3.05) is 5.73 Å². The minimum absolute atomic E-state index is 0.426. The summed E-state index contributed by atoms with van der Waals surface area (Å²) < 4.78 is 4.17. The third-order valence-corrected chi connectivity index (χ3v) is 3.57. The second-order valence-electron chi connectivity index (χ2n) is 4.83. The van der Waals surface area contributed by atoms with Crippen LogP contribution in [-0.4, -0.2) is 29.1 Å².